The molecule has 0 aliphatic heterocycles. The summed E-state index contributed by atoms with van der Waals surface area (Å²) in [6, 6.07) is 24.7. The molecule has 0 nitrogen and oxygen atoms in total. The van der Waals surface area contributed by atoms with Crippen molar-refractivity contribution in [1.29, 1.82) is 0 Å². The Morgan fingerprint density at radius 1 is 0.565 bits per heavy atom. The van der Waals surface area contributed by atoms with E-state index in [2.05, 4.69) is 140 Å². The van der Waals surface area contributed by atoms with E-state index in [1.165, 1.54) is 65.8 Å². The summed E-state index contributed by atoms with van der Waals surface area (Å²) in [6.45, 7) is 2.24. The molecule has 1 unspecified atom stereocenters. The molecule has 0 bridgehead atoms. The van der Waals surface area contributed by atoms with E-state index in [1.54, 1.807) is 11.1 Å². The standard InChI is InChI=1S/C46H42/c1-32-9-2-3-11-40(31-32)35-21-27-39(28-22-35)44-30-29-43(45-14-6-7-15-46(44)45)38-25-19-34(20-26-38)33-17-23-37(24-18-33)42-16-8-12-36-10-4-5-13-41(36)42/h2-17,19-21,23,25,27,38H,18,22,24,26,28-31H2,1H3. The van der Waals surface area contributed by atoms with Crippen molar-refractivity contribution in [3.8, 4) is 0 Å². The fourth-order valence-corrected chi connectivity index (χ4v) is 8.19. The van der Waals surface area contributed by atoms with Gasteiger partial charge in [0.1, 0.15) is 0 Å². The molecular weight excluding hydrogens is 553 g/mol. The lowest BCUT2D eigenvalue weighted by molar-refractivity contribution is 0.778. The second kappa shape index (κ2) is 12.6. The molecule has 0 heterocycles. The highest BCUT2D eigenvalue weighted by atomic mass is 14.3. The van der Waals surface area contributed by atoms with Crippen molar-refractivity contribution in [2.45, 2.75) is 58.3 Å². The summed E-state index contributed by atoms with van der Waals surface area (Å²) < 4.78 is 0. The van der Waals surface area contributed by atoms with Gasteiger partial charge in [0, 0.05) is 5.92 Å². The number of benzene rings is 3. The van der Waals surface area contributed by atoms with Crippen molar-refractivity contribution in [2.75, 3.05) is 0 Å². The summed E-state index contributed by atoms with van der Waals surface area (Å²) in [7, 11) is 0. The van der Waals surface area contributed by atoms with Crippen molar-refractivity contribution < 1.29 is 0 Å². The summed E-state index contributed by atoms with van der Waals surface area (Å²) in [5, 5.41) is 5.62. The number of rotatable bonds is 5. The van der Waals surface area contributed by atoms with E-state index in [9.17, 15) is 0 Å². The molecule has 0 fully saturated rings. The van der Waals surface area contributed by atoms with Crippen LogP contribution in [0.3, 0.4) is 0 Å². The van der Waals surface area contributed by atoms with E-state index in [0.717, 1.165) is 51.4 Å². The fraction of sp³-hybridized carbons (Fsp3) is 0.217. The van der Waals surface area contributed by atoms with E-state index in [0.29, 0.717) is 5.92 Å². The Morgan fingerprint density at radius 2 is 1.28 bits per heavy atom. The van der Waals surface area contributed by atoms with Gasteiger partial charge in [0.25, 0.3) is 0 Å². The van der Waals surface area contributed by atoms with Crippen LogP contribution in [0.25, 0.3) is 27.5 Å². The first-order chi connectivity index (χ1) is 22.7. The lowest BCUT2D eigenvalue weighted by Gasteiger charge is -2.27. The maximum absolute atomic E-state index is 2.51. The number of fused-ring (bicyclic) bond motifs is 2. The van der Waals surface area contributed by atoms with Crippen LogP contribution in [-0.2, 0) is 0 Å². The molecule has 0 radical (unpaired) electrons. The largest absolute Gasteiger partial charge is 0.0764 e. The van der Waals surface area contributed by atoms with Crippen molar-refractivity contribution in [3.63, 3.8) is 0 Å². The Kier molecular flexibility index (Phi) is 7.88. The predicted octanol–water partition coefficient (Wildman–Crippen LogP) is 10.7. The first-order valence-electron chi connectivity index (χ1n) is 17.2. The third-order valence-corrected chi connectivity index (χ3v) is 10.7. The van der Waals surface area contributed by atoms with E-state index in [1.807, 2.05) is 0 Å². The van der Waals surface area contributed by atoms with Gasteiger partial charge in [-0.15, -0.1) is 0 Å². The second-order valence-electron chi connectivity index (χ2n) is 13.5. The molecule has 1 atom stereocenters. The number of hydrogen-bond acceptors (Lipinski definition) is 0. The monoisotopic (exact) mass is 594 g/mol. The average molecular weight is 595 g/mol. The normalized spacial score (nSPS) is 21.3. The molecule has 3 aromatic rings. The fourth-order valence-electron chi connectivity index (χ4n) is 8.19. The van der Waals surface area contributed by atoms with E-state index >= 15 is 0 Å². The van der Waals surface area contributed by atoms with Crippen LogP contribution < -0.4 is 10.4 Å². The molecular formula is C46H42. The van der Waals surface area contributed by atoms with Crippen LogP contribution in [-0.4, -0.2) is 0 Å². The first kappa shape index (κ1) is 28.8. The minimum absolute atomic E-state index is 0.482. The zero-order valence-electron chi connectivity index (χ0n) is 26.9. The third kappa shape index (κ3) is 5.62. The van der Waals surface area contributed by atoms with Gasteiger partial charge in [0.15, 0.2) is 0 Å². The Labute approximate surface area is 274 Å². The van der Waals surface area contributed by atoms with Crippen LogP contribution in [0.2, 0.25) is 0 Å². The van der Waals surface area contributed by atoms with Crippen LogP contribution in [0.4, 0.5) is 0 Å². The quantitative estimate of drug-likeness (QED) is 0.276. The SMILES string of the molecule is CC1=CC=CC=C(C2=CC=C(C3=c4ccccc4=C(C4C=CC(C5=CC=C(c6cccc7ccccc67)CC5)=CC4)CC3)CC2)C1. The molecule has 0 amide bonds. The van der Waals surface area contributed by atoms with Crippen LogP contribution in [0.1, 0.15) is 63.9 Å². The van der Waals surface area contributed by atoms with Gasteiger partial charge in [0.2, 0.25) is 0 Å². The molecule has 0 saturated heterocycles. The summed E-state index contributed by atoms with van der Waals surface area (Å²) in [5.74, 6) is 0.482. The Hall–Kier alpha value is -4.68. The predicted molar refractivity (Wildman–Crippen MR) is 197 cm³/mol. The van der Waals surface area contributed by atoms with E-state index in [4.69, 9.17) is 0 Å². The highest BCUT2D eigenvalue weighted by molar-refractivity contribution is 5.94. The molecule has 0 N–H and O–H groups in total. The van der Waals surface area contributed by atoms with Gasteiger partial charge in [0.05, 0.1) is 0 Å². The maximum Gasteiger partial charge on any atom is 0.00242 e. The summed E-state index contributed by atoms with van der Waals surface area (Å²) >= 11 is 0. The van der Waals surface area contributed by atoms with Gasteiger partial charge < -0.3 is 0 Å². The van der Waals surface area contributed by atoms with Crippen LogP contribution in [0.5, 0.6) is 0 Å². The Bertz CT molecular complexity index is 2130. The Morgan fingerprint density at radius 3 is 2.11 bits per heavy atom. The minimum atomic E-state index is 0.482. The topological polar surface area (TPSA) is 0 Å². The highest BCUT2D eigenvalue weighted by Gasteiger charge is 2.23. The average Bonchev–Trinajstić information content (AvgIpc) is 3.35. The van der Waals surface area contributed by atoms with Crippen molar-refractivity contribution in [3.05, 3.63) is 183 Å². The third-order valence-electron chi connectivity index (χ3n) is 10.7. The minimum Gasteiger partial charge on any atom is -0.0764 e. The molecule has 3 aromatic carbocycles. The first-order valence-corrected chi connectivity index (χ1v) is 17.2. The highest BCUT2D eigenvalue weighted by Crippen LogP contribution is 2.38. The lowest BCUT2D eigenvalue weighted by Crippen LogP contribution is -2.34. The molecule has 0 spiro atoms. The second-order valence-corrected chi connectivity index (χ2v) is 13.5. The van der Waals surface area contributed by atoms with Crippen molar-refractivity contribution >= 4 is 27.5 Å². The summed E-state index contributed by atoms with van der Waals surface area (Å²) in [5.41, 5.74) is 14.9. The Balaban J connectivity index is 1.04. The molecule has 0 aromatic heterocycles. The zero-order chi connectivity index (χ0) is 30.9. The van der Waals surface area contributed by atoms with Gasteiger partial charge in [-0.2, -0.15) is 0 Å². The van der Waals surface area contributed by atoms with Crippen LogP contribution in [0.15, 0.2) is 167 Å². The smallest absolute Gasteiger partial charge is 0.00242 e. The lowest BCUT2D eigenvalue weighted by atomic mass is 9.78. The van der Waals surface area contributed by atoms with Gasteiger partial charge in [-0.25, -0.2) is 0 Å². The van der Waals surface area contributed by atoms with Gasteiger partial charge in [-0.05, 0) is 124 Å². The molecule has 46 heavy (non-hydrogen) atoms. The molecule has 5 aliphatic rings. The maximum atomic E-state index is 2.51. The number of hydrogen-bond donors (Lipinski definition) is 0. The van der Waals surface area contributed by atoms with E-state index < -0.39 is 0 Å². The summed E-state index contributed by atoms with van der Waals surface area (Å²) in [6.07, 6.45) is 34.8. The van der Waals surface area contributed by atoms with Crippen LogP contribution >= 0.6 is 0 Å². The molecule has 0 heteroatoms. The number of allylic oxidation sites excluding steroid dienone is 18. The van der Waals surface area contributed by atoms with Gasteiger partial charge in [-0.1, -0.05) is 145 Å². The van der Waals surface area contributed by atoms with Crippen molar-refractivity contribution in [1.82, 2.24) is 0 Å². The molecule has 8 rings (SSSR count). The van der Waals surface area contributed by atoms with E-state index in [-0.39, 0.29) is 0 Å². The molecule has 0 saturated carbocycles. The summed E-state index contributed by atoms with van der Waals surface area (Å²) in [4.78, 5) is 0. The molecule has 226 valence electrons. The van der Waals surface area contributed by atoms with Gasteiger partial charge >= 0.3 is 0 Å². The zero-order valence-corrected chi connectivity index (χ0v) is 26.9. The van der Waals surface area contributed by atoms with Crippen molar-refractivity contribution in [2.24, 2.45) is 5.92 Å². The van der Waals surface area contributed by atoms with Crippen LogP contribution in [0, 0.1) is 5.92 Å². The molecule has 5 aliphatic carbocycles. The van der Waals surface area contributed by atoms with Gasteiger partial charge in [-0.3, -0.25) is 0 Å².